The molecule has 0 spiro atoms. The summed E-state index contributed by atoms with van der Waals surface area (Å²) in [5, 5.41) is 17.5. The van der Waals surface area contributed by atoms with E-state index in [0.717, 1.165) is 0 Å². The molecule has 0 amide bonds. The second-order valence-corrected chi connectivity index (χ2v) is 2.53. The van der Waals surface area contributed by atoms with Crippen LogP contribution in [0.2, 0.25) is 0 Å². The largest absolute Gasteiger partial charge is 0.342 e. The van der Waals surface area contributed by atoms with Gasteiger partial charge >= 0.3 is 5.97 Å². The summed E-state index contributed by atoms with van der Waals surface area (Å²) in [7, 11) is 0. The molecule has 1 rings (SSSR count). The van der Waals surface area contributed by atoms with E-state index in [4.69, 9.17) is 14.9 Å². The molecule has 0 bridgehead atoms. The number of hydrogen-bond donors (Lipinski definition) is 2. The third kappa shape index (κ3) is 1.62. The lowest BCUT2D eigenvalue weighted by molar-refractivity contribution is -0.335. The van der Waals surface area contributed by atoms with Crippen molar-refractivity contribution in [2.24, 2.45) is 0 Å². The Bertz CT molecular complexity index is 104. The van der Waals surface area contributed by atoms with Crippen LogP contribution in [-0.4, -0.2) is 28.6 Å². The van der Waals surface area contributed by atoms with E-state index in [-0.39, 0.29) is 6.61 Å². The number of aliphatic hydroxyl groups is 2. The molecule has 1 aliphatic heterocycles. The van der Waals surface area contributed by atoms with Gasteiger partial charge in [0.05, 0.1) is 0 Å². The van der Waals surface area contributed by atoms with Crippen LogP contribution < -0.4 is 0 Å². The molecular weight excluding hydrogens is 124 g/mol. The first-order chi connectivity index (χ1) is 3.91. The van der Waals surface area contributed by atoms with E-state index in [2.05, 4.69) is 4.74 Å². The zero-order valence-electron chi connectivity index (χ0n) is 5.42. The minimum atomic E-state index is -2.09. The summed E-state index contributed by atoms with van der Waals surface area (Å²) in [4.78, 5) is 0. The summed E-state index contributed by atoms with van der Waals surface area (Å²) >= 11 is 0. The van der Waals surface area contributed by atoms with Gasteiger partial charge in [0.25, 0.3) is 0 Å². The molecule has 0 aliphatic carbocycles. The lowest BCUT2D eigenvalue weighted by Crippen LogP contribution is -2.33. The Morgan fingerprint density at radius 1 is 1.33 bits per heavy atom. The van der Waals surface area contributed by atoms with Crippen molar-refractivity contribution < 1.29 is 19.7 Å². The highest BCUT2D eigenvalue weighted by molar-refractivity contribution is 4.67. The van der Waals surface area contributed by atoms with Gasteiger partial charge in [-0.3, -0.25) is 4.74 Å². The van der Waals surface area contributed by atoms with E-state index in [1.165, 1.54) is 0 Å². The molecule has 0 aromatic rings. The first kappa shape index (κ1) is 6.95. The number of ether oxygens (including phenoxy) is 2. The Balaban J connectivity index is 2.58. The zero-order chi connectivity index (χ0) is 7.12. The van der Waals surface area contributed by atoms with Crippen molar-refractivity contribution in [3.05, 3.63) is 0 Å². The first-order valence-corrected chi connectivity index (χ1v) is 2.70. The molecule has 1 fully saturated rings. The molecule has 1 heterocycles. The maximum Gasteiger partial charge on any atom is 0.305 e. The van der Waals surface area contributed by atoms with E-state index in [9.17, 15) is 0 Å². The minimum Gasteiger partial charge on any atom is -0.342 e. The fourth-order valence-corrected chi connectivity index (χ4v) is 0.720. The van der Waals surface area contributed by atoms with Gasteiger partial charge in [0, 0.05) is 0 Å². The van der Waals surface area contributed by atoms with Gasteiger partial charge in [-0.1, -0.05) is 0 Å². The summed E-state index contributed by atoms with van der Waals surface area (Å²) in [5.41, 5.74) is 0. The summed E-state index contributed by atoms with van der Waals surface area (Å²) in [5.74, 6) is -2.97. The van der Waals surface area contributed by atoms with Gasteiger partial charge in [-0.05, 0) is 13.8 Å². The first-order valence-electron chi connectivity index (χ1n) is 2.70. The van der Waals surface area contributed by atoms with Crippen LogP contribution in [0.4, 0.5) is 0 Å². The van der Waals surface area contributed by atoms with Crippen LogP contribution in [-0.2, 0) is 9.47 Å². The van der Waals surface area contributed by atoms with Crippen LogP contribution in [0.15, 0.2) is 0 Å². The third-order valence-electron chi connectivity index (χ3n) is 1.02. The zero-order valence-corrected chi connectivity index (χ0v) is 5.42. The fraction of sp³-hybridized carbons (Fsp3) is 1.00. The summed E-state index contributed by atoms with van der Waals surface area (Å²) < 4.78 is 9.46. The van der Waals surface area contributed by atoms with Crippen molar-refractivity contribution in [1.82, 2.24) is 0 Å². The van der Waals surface area contributed by atoms with Gasteiger partial charge in [0.1, 0.15) is 6.61 Å². The molecule has 0 aromatic carbocycles. The third-order valence-corrected chi connectivity index (χ3v) is 1.02. The minimum absolute atomic E-state index is 0.194. The fourth-order valence-electron chi connectivity index (χ4n) is 0.720. The molecule has 0 saturated carbocycles. The standard InChI is InChI=1S/C5H10O4/c1-4(2)8-3-5(6,7)9-4/h6-7H,3H2,1-2H3. The van der Waals surface area contributed by atoms with Crippen LogP contribution in [0.25, 0.3) is 0 Å². The highest BCUT2D eigenvalue weighted by Crippen LogP contribution is 2.26. The van der Waals surface area contributed by atoms with Gasteiger partial charge in [0.2, 0.25) is 0 Å². The SMILES string of the molecule is CC1(C)OCC(O)(O)O1. The Kier molecular flexibility index (Phi) is 1.29. The monoisotopic (exact) mass is 134 g/mol. The maximum atomic E-state index is 8.74. The Labute approximate surface area is 53.0 Å². The average molecular weight is 134 g/mol. The predicted octanol–water partition coefficient (Wildman–Crippen LogP) is -0.592. The topological polar surface area (TPSA) is 58.9 Å². The molecule has 0 atom stereocenters. The van der Waals surface area contributed by atoms with Crippen LogP contribution >= 0.6 is 0 Å². The van der Waals surface area contributed by atoms with Gasteiger partial charge in [-0.15, -0.1) is 0 Å². The highest BCUT2D eigenvalue weighted by atomic mass is 16.9. The van der Waals surface area contributed by atoms with Crippen LogP contribution in [0.3, 0.4) is 0 Å². The summed E-state index contributed by atoms with van der Waals surface area (Å²) in [6.45, 7) is 3.03. The lowest BCUT2D eigenvalue weighted by Gasteiger charge is -2.17. The molecule has 0 aromatic heterocycles. The molecule has 1 saturated heterocycles. The molecule has 0 radical (unpaired) electrons. The molecule has 4 nitrogen and oxygen atoms in total. The molecule has 2 N–H and O–H groups in total. The maximum absolute atomic E-state index is 8.74. The molecule has 0 unspecified atom stereocenters. The Morgan fingerprint density at radius 3 is 2.00 bits per heavy atom. The quantitative estimate of drug-likeness (QED) is 0.435. The van der Waals surface area contributed by atoms with E-state index in [1.54, 1.807) is 13.8 Å². The van der Waals surface area contributed by atoms with Crippen LogP contribution in [0.1, 0.15) is 13.8 Å². The van der Waals surface area contributed by atoms with E-state index < -0.39 is 11.8 Å². The number of rotatable bonds is 0. The number of hydrogen-bond acceptors (Lipinski definition) is 4. The smallest absolute Gasteiger partial charge is 0.305 e. The van der Waals surface area contributed by atoms with Crippen molar-refractivity contribution >= 4 is 0 Å². The van der Waals surface area contributed by atoms with E-state index in [0.29, 0.717) is 0 Å². The molecule has 54 valence electrons. The van der Waals surface area contributed by atoms with E-state index >= 15 is 0 Å². The molecule has 1 aliphatic rings. The van der Waals surface area contributed by atoms with Gasteiger partial charge in [-0.2, -0.15) is 0 Å². The molecule has 4 heteroatoms. The molecular formula is C5H10O4. The van der Waals surface area contributed by atoms with E-state index in [1.807, 2.05) is 0 Å². The summed E-state index contributed by atoms with van der Waals surface area (Å²) in [6, 6.07) is 0. The molecule has 9 heavy (non-hydrogen) atoms. The normalized spacial score (nSPS) is 30.7. The summed E-state index contributed by atoms with van der Waals surface area (Å²) in [6.07, 6.45) is 0. The highest BCUT2D eigenvalue weighted by Gasteiger charge is 2.42. The average Bonchev–Trinajstić information content (AvgIpc) is 1.78. The Morgan fingerprint density at radius 2 is 1.89 bits per heavy atom. The van der Waals surface area contributed by atoms with Crippen molar-refractivity contribution in [3.8, 4) is 0 Å². The van der Waals surface area contributed by atoms with Crippen molar-refractivity contribution in [1.29, 1.82) is 0 Å². The Hall–Kier alpha value is -0.160. The van der Waals surface area contributed by atoms with Crippen molar-refractivity contribution in [3.63, 3.8) is 0 Å². The second-order valence-electron chi connectivity index (χ2n) is 2.53. The van der Waals surface area contributed by atoms with Gasteiger partial charge in [-0.25, -0.2) is 0 Å². The van der Waals surface area contributed by atoms with Gasteiger partial charge < -0.3 is 14.9 Å². The lowest BCUT2D eigenvalue weighted by atomic mass is 10.4. The van der Waals surface area contributed by atoms with Crippen LogP contribution in [0.5, 0.6) is 0 Å². The van der Waals surface area contributed by atoms with Gasteiger partial charge in [0.15, 0.2) is 5.79 Å². The van der Waals surface area contributed by atoms with Crippen molar-refractivity contribution in [2.75, 3.05) is 6.61 Å². The van der Waals surface area contributed by atoms with Crippen LogP contribution in [0, 0.1) is 0 Å². The van der Waals surface area contributed by atoms with Crippen molar-refractivity contribution in [2.45, 2.75) is 25.6 Å². The predicted molar refractivity (Wildman–Crippen MR) is 28.3 cm³/mol. The second kappa shape index (κ2) is 1.67.